The lowest BCUT2D eigenvalue weighted by Gasteiger charge is -2.38. The third kappa shape index (κ3) is 4.31. The Balaban J connectivity index is 1.22. The number of carbonyl (C=O) groups is 1. The highest BCUT2D eigenvalue weighted by atomic mass is 35.5. The van der Waals surface area contributed by atoms with Gasteiger partial charge in [0.2, 0.25) is 5.91 Å². The molecule has 9 heteroatoms. The number of hydrogen-bond donors (Lipinski definition) is 1. The van der Waals surface area contributed by atoms with Crippen LogP contribution in [0, 0.1) is 6.92 Å². The first-order valence-corrected chi connectivity index (χ1v) is 12.5. The lowest BCUT2D eigenvalue weighted by Crippen LogP contribution is -2.51. The largest absolute Gasteiger partial charge is 0.354 e. The Labute approximate surface area is 192 Å². The van der Waals surface area contributed by atoms with Crippen molar-refractivity contribution in [2.75, 3.05) is 55.8 Å². The predicted molar refractivity (Wildman–Crippen MR) is 126 cm³/mol. The zero-order chi connectivity index (χ0) is 21.4. The number of aromatic nitrogens is 2. The Morgan fingerprint density at radius 1 is 1.19 bits per heavy atom. The van der Waals surface area contributed by atoms with Crippen molar-refractivity contribution in [3.05, 3.63) is 41.0 Å². The maximum absolute atomic E-state index is 12.7. The van der Waals surface area contributed by atoms with E-state index in [4.69, 9.17) is 16.7 Å². The SMILES string of the molecule is Cc1cc(N2CCN([C@@H]3CN[C@H](C(=O)N4CCSC4)C3)CC2)n(-c2ccccc2Cl)n1. The van der Waals surface area contributed by atoms with E-state index in [1.54, 1.807) is 0 Å². The van der Waals surface area contributed by atoms with Crippen LogP contribution in [-0.4, -0.2) is 88.5 Å². The van der Waals surface area contributed by atoms with Gasteiger partial charge in [-0.2, -0.15) is 5.10 Å². The number of amides is 1. The quantitative estimate of drug-likeness (QED) is 0.755. The zero-order valence-corrected chi connectivity index (χ0v) is 19.4. The van der Waals surface area contributed by atoms with Crippen molar-refractivity contribution in [1.82, 2.24) is 24.9 Å². The van der Waals surface area contributed by atoms with Gasteiger partial charge in [0.15, 0.2) is 0 Å². The molecule has 5 rings (SSSR count). The zero-order valence-electron chi connectivity index (χ0n) is 17.8. The Kier molecular flexibility index (Phi) is 6.14. The molecule has 3 fully saturated rings. The molecule has 2 atom stereocenters. The molecule has 1 N–H and O–H groups in total. The first-order valence-electron chi connectivity index (χ1n) is 11.0. The number of aryl methyl sites for hydroxylation is 1. The van der Waals surface area contributed by atoms with Gasteiger partial charge in [0, 0.05) is 57.1 Å². The summed E-state index contributed by atoms with van der Waals surface area (Å²) in [5, 5.41) is 8.89. The lowest BCUT2D eigenvalue weighted by molar-refractivity contribution is -0.131. The maximum atomic E-state index is 12.7. The van der Waals surface area contributed by atoms with Crippen molar-refractivity contribution in [3.63, 3.8) is 0 Å². The normalized spacial score (nSPS) is 24.8. The lowest BCUT2D eigenvalue weighted by atomic mass is 10.1. The van der Waals surface area contributed by atoms with Crippen LogP contribution in [0.5, 0.6) is 0 Å². The molecule has 3 saturated heterocycles. The fourth-order valence-corrected chi connectivity index (χ4v) is 5.99. The van der Waals surface area contributed by atoms with E-state index in [0.717, 1.165) is 74.5 Å². The van der Waals surface area contributed by atoms with Gasteiger partial charge >= 0.3 is 0 Å². The maximum Gasteiger partial charge on any atom is 0.240 e. The number of nitrogens with one attached hydrogen (secondary N) is 1. The van der Waals surface area contributed by atoms with Crippen LogP contribution >= 0.6 is 23.4 Å². The van der Waals surface area contributed by atoms with Crippen LogP contribution in [0.4, 0.5) is 5.82 Å². The fraction of sp³-hybridized carbons (Fsp3) is 0.545. The molecule has 31 heavy (non-hydrogen) atoms. The number of hydrogen-bond acceptors (Lipinski definition) is 6. The number of carbonyl (C=O) groups excluding carboxylic acids is 1. The van der Waals surface area contributed by atoms with Crippen molar-refractivity contribution in [2.45, 2.75) is 25.4 Å². The molecule has 3 aliphatic rings. The van der Waals surface area contributed by atoms with E-state index in [-0.39, 0.29) is 11.9 Å². The third-order valence-electron chi connectivity index (χ3n) is 6.52. The number of rotatable bonds is 4. The fourth-order valence-electron chi connectivity index (χ4n) is 4.82. The summed E-state index contributed by atoms with van der Waals surface area (Å²) >= 11 is 8.29. The van der Waals surface area contributed by atoms with E-state index in [1.807, 2.05) is 52.5 Å². The van der Waals surface area contributed by atoms with E-state index in [9.17, 15) is 4.79 Å². The molecule has 166 valence electrons. The molecule has 1 aromatic carbocycles. The number of nitrogens with zero attached hydrogens (tertiary/aromatic N) is 5. The van der Waals surface area contributed by atoms with Crippen molar-refractivity contribution < 1.29 is 4.79 Å². The highest BCUT2D eigenvalue weighted by Gasteiger charge is 2.37. The van der Waals surface area contributed by atoms with Crippen LogP contribution in [0.3, 0.4) is 0 Å². The summed E-state index contributed by atoms with van der Waals surface area (Å²) in [6, 6.07) is 10.4. The monoisotopic (exact) mass is 460 g/mol. The molecule has 4 heterocycles. The molecule has 7 nitrogen and oxygen atoms in total. The average Bonchev–Trinajstić information content (AvgIpc) is 3.55. The number of para-hydroxylation sites is 1. The van der Waals surface area contributed by atoms with Gasteiger partial charge < -0.3 is 15.1 Å². The van der Waals surface area contributed by atoms with Crippen LogP contribution < -0.4 is 10.2 Å². The minimum Gasteiger partial charge on any atom is -0.354 e. The van der Waals surface area contributed by atoms with Gasteiger partial charge in [-0.05, 0) is 25.5 Å². The molecule has 0 saturated carbocycles. The van der Waals surface area contributed by atoms with E-state index in [2.05, 4.69) is 21.2 Å². The summed E-state index contributed by atoms with van der Waals surface area (Å²) in [5.74, 6) is 3.28. The van der Waals surface area contributed by atoms with Gasteiger partial charge in [-0.15, -0.1) is 11.8 Å². The highest BCUT2D eigenvalue weighted by Crippen LogP contribution is 2.28. The van der Waals surface area contributed by atoms with Crippen molar-refractivity contribution in [1.29, 1.82) is 0 Å². The molecular formula is C22H29ClN6OS. The third-order valence-corrected chi connectivity index (χ3v) is 7.80. The standard InChI is InChI=1S/C22H29ClN6OS/c1-16-12-21(29(25-16)20-5-3-2-4-18(20)23)27-8-6-26(7-9-27)17-13-19(24-14-17)22(30)28-10-11-31-15-28/h2-5,12,17,19,24H,6-11,13-15H2,1H3/t17-,19-/m0/s1. The van der Waals surface area contributed by atoms with Gasteiger partial charge in [0.1, 0.15) is 5.82 Å². The van der Waals surface area contributed by atoms with E-state index >= 15 is 0 Å². The summed E-state index contributed by atoms with van der Waals surface area (Å²) in [5.41, 5.74) is 1.90. The number of piperazine rings is 1. The molecule has 1 aromatic heterocycles. The Hall–Kier alpha value is -1.74. The van der Waals surface area contributed by atoms with Gasteiger partial charge in [-0.25, -0.2) is 4.68 Å². The molecule has 2 aromatic rings. The first-order chi connectivity index (χ1) is 15.1. The molecule has 3 aliphatic heterocycles. The van der Waals surface area contributed by atoms with Gasteiger partial charge in [-0.1, -0.05) is 23.7 Å². The molecule has 0 bridgehead atoms. The first kappa shape index (κ1) is 21.1. The summed E-state index contributed by atoms with van der Waals surface area (Å²) in [6.07, 6.45) is 0.913. The van der Waals surface area contributed by atoms with Crippen LogP contribution in [0.25, 0.3) is 5.69 Å². The Morgan fingerprint density at radius 3 is 2.74 bits per heavy atom. The molecule has 0 radical (unpaired) electrons. The minimum atomic E-state index is -0.0222. The highest BCUT2D eigenvalue weighted by molar-refractivity contribution is 7.99. The number of anilines is 1. The number of halogens is 1. The Morgan fingerprint density at radius 2 is 2.00 bits per heavy atom. The summed E-state index contributed by atoms with van der Waals surface area (Å²) in [4.78, 5) is 19.7. The second-order valence-electron chi connectivity index (χ2n) is 8.52. The summed E-state index contributed by atoms with van der Waals surface area (Å²) in [6.45, 7) is 7.66. The van der Waals surface area contributed by atoms with Crippen LogP contribution in [0.2, 0.25) is 5.02 Å². The van der Waals surface area contributed by atoms with E-state index in [1.165, 1.54) is 0 Å². The summed E-state index contributed by atoms with van der Waals surface area (Å²) < 4.78 is 1.97. The smallest absolute Gasteiger partial charge is 0.240 e. The van der Waals surface area contributed by atoms with Crippen molar-refractivity contribution >= 4 is 35.1 Å². The minimum absolute atomic E-state index is 0.0222. The average molecular weight is 461 g/mol. The molecular weight excluding hydrogens is 432 g/mol. The second-order valence-corrected chi connectivity index (χ2v) is 10.0. The predicted octanol–water partition coefficient (Wildman–Crippen LogP) is 2.22. The second kappa shape index (κ2) is 9.02. The topological polar surface area (TPSA) is 56.6 Å². The van der Waals surface area contributed by atoms with Gasteiger partial charge in [-0.3, -0.25) is 9.69 Å². The van der Waals surface area contributed by atoms with Crippen molar-refractivity contribution in [2.24, 2.45) is 0 Å². The molecule has 0 spiro atoms. The molecule has 1 amide bonds. The van der Waals surface area contributed by atoms with Crippen LogP contribution in [0.1, 0.15) is 12.1 Å². The number of benzene rings is 1. The van der Waals surface area contributed by atoms with Gasteiger partial charge in [0.05, 0.1) is 28.3 Å². The van der Waals surface area contributed by atoms with Gasteiger partial charge in [0.25, 0.3) is 0 Å². The molecule has 0 unspecified atom stereocenters. The van der Waals surface area contributed by atoms with E-state index in [0.29, 0.717) is 11.1 Å². The summed E-state index contributed by atoms with van der Waals surface area (Å²) in [7, 11) is 0. The Bertz CT molecular complexity index is 938. The van der Waals surface area contributed by atoms with E-state index < -0.39 is 0 Å². The number of thioether (sulfide) groups is 1. The van der Waals surface area contributed by atoms with Crippen LogP contribution in [-0.2, 0) is 4.79 Å². The van der Waals surface area contributed by atoms with Crippen LogP contribution in [0.15, 0.2) is 30.3 Å². The van der Waals surface area contributed by atoms with Crippen molar-refractivity contribution in [3.8, 4) is 5.69 Å². The molecule has 0 aliphatic carbocycles.